The monoisotopic (exact) mass is 252 g/mol. The van der Waals surface area contributed by atoms with Crippen LogP contribution in [-0.4, -0.2) is 8.76 Å². The molecule has 4 heteroatoms. The van der Waals surface area contributed by atoms with E-state index in [1.807, 2.05) is 27.7 Å². The zero-order valence-corrected chi connectivity index (χ0v) is 11.5. The van der Waals surface area contributed by atoms with Gasteiger partial charge in [0.05, 0.1) is 0 Å². The molecule has 17 heavy (non-hydrogen) atoms. The van der Waals surface area contributed by atoms with Crippen LogP contribution >= 0.6 is 0 Å². The number of fused-ring (bicyclic) bond motifs is 1. The predicted molar refractivity (Wildman–Crippen MR) is 68.9 cm³/mol. The van der Waals surface area contributed by atoms with E-state index in [4.69, 9.17) is 4.42 Å². The SMILES string of the molecule is Cc1c(C)c(C)c2c(C)c(S(=O)O)oc2c1C. The van der Waals surface area contributed by atoms with Gasteiger partial charge >= 0.3 is 0 Å². The van der Waals surface area contributed by atoms with Gasteiger partial charge in [0.1, 0.15) is 5.58 Å². The van der Waals surface area contributed by atoms with Gasteiger partial charge in [-0.3, -0.25) is 4.55 Å². The molecule has 1 aromatic heterocycles. The largest absolute Gasteiger partial charge is 0.444 e. The lowest BCUT2D eigenvalue weighted by Gasteiger charge is -2.09. The Balaban J connectivity index is 3.02. The summed E-state index contributed by atoms with van der Waals surface area (Å²) in [6.07, 6.45) is 0. The molecule has 1 heterocycles. The zero-order valence-electron chi connectivity index (χ0n) is 10.7. The lowest BCUT2D eigenvalue weighted by molar-refractivity contribution is 0.464. The molecule has 0 radical (unpaired) electrons. The zero-order chi connectivity index (χ0) is 12.9. The Bertz CT molecular complexity index is 638. The topological polar surface area (TPSA) is 50.4 Å². The lowest BCUT2D eigenvalue weighted by atomic mass is 9.94. The van der Waals surface area contributed by atoms with Crippen LogP contribution in [0.1, 0.15) is 27.8 Å². The van der Waals surface area contributed by atoms with Crippen LogP contribution in [0.15, 0.2) is 9.51 Å². The van der Waals surface area contributed by atoms with Crippen LogP contribution in [0.3, 0.4) is 0 Å². The molecular weight excluding hydrogens is 236 g/mol. The molecule has 0 saturated heterocycles. The highest BCUT2D eigenvalue weighted by atomic mass is 32.2. The number of rotatable bonds is 1. The maximum Gasteiger partial charge on any atom is 0.223 e. The van der Waals surface area contributed by atoms with E-state index in [9.17, 15) is 8.76 Å². The maximum atomic E-state index is 11.2. The fourth-order valence-corrected chi connectivity index (χ4v) is 2.81. The Kier molecular flexibility index (Phi) is 2.87. The summed E-state index contributed by atoms with van der Waals surface area (Å²) in [7, 11) is 0. The number of benzene rings is 1. The normalized spacial score (nSPS) is 13.3. The third-order valence-corrected chi connectivity index (χ3v) is 4.37. The molecule has 0 saturated carbocycles. The van der Waals surface area contributed by atoms with Crippen LogP contribution in [0, 0.1) is 34.6 Å². The van der Waals surface area contributed by atoms with E-state index in [0.717, 1.165) is 27.7 Å². The first kappa shape index (κ1) is 12.3. The van der Waals surface area contributed by atoms with E-state index in [1.165, 1.54) is 11.1 Å². The highest BCUT2D eigenvalue weighted by Gasteiger charge is 2.20. The molecule has 0 fully saturated rings. The van der Waals surface area contributed by atoms with Gasteiger partial charge in [0, 0.05) is 10.9 Å². The van der Waals surface area contributed by atoms with Gasteiger partial charge in [-0.1, -0.05) is 0 Å². The molecule has 1 atom stereocenters. The summed E-state index contributed by atoms with van der Waals surface area (Å²) in [5, 5.41) is 1.14. The van der Waals surface area contributed by atoms with E-state index in [-0.39, 0.29) is 5.09 Å². The fourth-order valence-electron chi connectivity index (χ4n) is 2.30. The molecule has 3 nitrogen and oxygen atoms in total. The quantitative estimate of drug-likeness (QED) is 0.789. The Morgan fingerprint density at radius 3 is 1.94 bits per heavy atom. The third-order valence-electron chi connectivity index (χ3n) is 3.66. The van der Waals surface area contributed by atoms with Crippen molar-refractivity contribution in [2.75, 3.05) is 0 Å². The first-order chi connectivity index (χ1) is 7.86. The summed E-state index contributed by atoms with van der Waals surface area (Å²) in [5.41, 5.74) is 6.07. The smallest absolute Gasteiger partial charge is 0.223 e. The number of aryl methyl sites for hydroxylation is 3. The van der Waals surface area contributed by atoms with E-state index in [1.54, 1.807) is 0 Å². The molecule has 2 aromatic rings. The van der Waals surface area contributed by atoms with Crippen molar-refractivity contribution in [2.45, 2.75) is 39.7 Å². The first-order valence-electron chi connectivity index (χ1n) is 5.46. The number of hydrogen-bond acceptors (Lipinski definition) is 2. The van der Waals surface area contributed by atoms with Crippen LogP contribution < -0.4 is 0 Å². The van der Waals surface area contributed by atoms with Crippen molar-refractivity contribution in [1.82, 2.24) is 0 Å². The summed E-state index contributed by atoms with van der Waals surface area (Å²) in [6.45, 7) is 9.95. The molecular formula is C13H16O3S. The van der Waals surface area contributed by atoms with Crippen LogP contribution in [0.25, 0.3) is 11.0 Å². The molecule has 1 unspecified atom stereocenters. The van der Waals surface area contributed by atoms with Gasteiger partial charge < -0.3 is 4.42 Å². The molecule has 0 aliphatic rings. The molecule has 2 rings (SSSR count). The highest BCUT2D eigenvalue weighted by Crippen LogP contribution is 2.35. The minimum Gasteiger partial charge on any atom is -0.444 e. The van der Waals surface area contributed by atoms with Gasteiger partial charge in [-0.15, -0.1) is 0 Å². The van der Waals surface area contributed by atoms with Crippen LogP contribution in [-0.2, 0) is 11.1 Å². The average Bonchev–Trinajstić information content (AvgIpc) is 2.62. The molecule has 92 valence electrons. The Morgan fingerprint density at radius 1 is 0.882 bits per heavy atom. The second-order valence-corrected chi connectivity index (χ2v) is 5.34. The Morgan fingerprint density at radius 2 is 1.41 bits per heavy atom. The summed E-state index contributed by atoms with van der Waals surface area (Å²) in [6, 6.07) is 0. The highest BCUT2D eigenvalue weighted by molar-refractivity contribution is 7.79. The van der Waals surface area contributed by atoms with E-state index < -0.39 is 11.1 Å². The minimum absolute atomic E-state index is 0.163. The van der Waals surface area contributed by atoms with Gasteiger partial charge in [-0.25, -0.2) is 4.21 Å². The maximum absolute atomic E-state index is 11.2. The van der Waals surface area contributed by atoms with Crippen LogP contribution in [0.2, 0.25) is 0 Å². The third kappa shape index (κ3) is 1.63. The van der Waals surface area contributed by atoms with Crippen molar-refractivity contribution >= 4 is 22.0 Å². The molecule has 1 N–H and O–H groups in total. The van der Waals surface area contributed by atoms with Gasteiger partial charge in [-0.2, -0.15) is 0 Å². The number of furan rings is 1. The number of hydrogen-bond donors (Lipinski definition) is 1. The van der Waals surface area contributed by atoms with E-state index >= 15 is 0 Å². The molecule has 0 spiro atoms. The van der Waals surface area contributed by atoms with Gasteiger partial charge in [0.25, 0.3) is 0 Å². The molecule has 0 bridgehead atoms. The molecule has 0 amide bonds. The predicted octanol–water partition coefficient (Wildman–Crippen LogP) is 3.56. The van der Waals surface area contributed by atoms with Crippen molar-refractivity contribution < 1.29 is 13.2 Å². The molecule has 1 aromatic carbocycles. The summed E-state index contributed by atoms with van der Waals surface area (Å²) in [5.74, 6) is 0. The van der Waals surface area contributed by atoms with Gasteiger partial charge in [-0.05, 0) is 56.9 Å². The average molecular weight is 252 g/mol. The second kappa shape index (κ2) is 3.96. The Labute approximate surface area is 103 Å². The van der Waals surface area contributed by atoms with Crippen molar-refractivity contribution in [3.8, 4) is 0 Å². The fraction of sp³-hybridized carbons (Fsp3) is 0.385. The van der Waals surface area contributed by atoms with E-state index in [0.29, 0.717) is 0 Å². The van der Waals surface area contributed by atoms with Crippen molar-refractivity contribution in [3.05, 3.63) is 27.8 Å². The van der Waals surface area contributed by atoms with Crippen molar-refractivity contribution in [1.29, 1.82) is 0 Å². The summed E-state index contributed by atoms with van der Waals surface area (Å²) >= 11 is -2.07. The van der Waals surface area contributed by atoms with E-state index in [2.05, 4.69) is 6.92 Å². The summed E-state index contributed by atoms with van der Waals surface area (Å²) in [4.78, 5) is 0. The minimum atomic E-state index is -2.07. The van der Waals surface area contributed by atoms with Crippen LogP contribution in [0.4, 0.5) is 0 Å². The summed E-state index contributed by atoms with van der Waals surface area (Å²) < 4.78 is 26.0. The van der Waals surface area contributed by atoms with Gasteiger partial charge in [0.2, 0.25) is 16.2 Å². The Hall–Kier alpha value is -1.13. The first-order valence-corrected chi connectivity index (χ1v) is 6.57. The standard InChI is InChI=1S/C13H16O3S/c1-6-7(2)9(4)12-11(8(6)3)10(5)13(16-12)17(14)15/h1-5H3,(H,14,15). The molecule has 0 aliphatic heterocycles. The lowest BCUT2D eigenvalue weighted by Crippen LogP contribution is -1.92. The van der Waals surface area contributed by atoms with Crippen molar-refractivity contribution in [2.24, 2.45) is 0 Å². The second-order valence-electron chi connectivity index (χ2n) is 4.47. The van der Waals surface area contributed by atoms with Gasteiger partial charge in [0.15, 0.2) is 0 Å². The molecule has 0 aliphatic carbocycles. The van der Waals surface area contributed by atoms with Crippen LogP contribution in [0.5, 0.6) is 0 Å². The van der Waals surface area contributed by atoms with Crippen molar-refractivity contribution in [3.63, 3.8) is 0 Å².